The number of sulfonamides is 1. The number of hydrogen-bond acceptors (Lipinski definition) is 4. The summed E-state index contributed by atoms with van der Waals surface area (Å²) >= 11 is 0. The predicted molar refractivity (Wildman–Crippen MR) is 77.9 cm³/mol. The number of rotatable bonds is 5. The van der Waals surface area contributed by atoms with Crippen LogP contribution in [0, 0.1) is 11.6 Å². The molecule has 1 unspecified atom stereocenters. The molecule has 2 aromatic rings. The number of carbonyl (C=O) groups excluding carboxylic acids is 1. The Kier molecular flexibility index (Phi) is 5.07. The number of hydrogen-bond donors (Lipinski definition) is 1. The van der Waals surface area contributed by atoms with Crippen LogP contribution in [0.5, 0.6) is 0 Å². The van der Waals surface area contributed by atoms with Crippen LogP contribution in [0.1, 0.15) is 11.6 Å². The van der Waals surface area contributed by atoms with Gasteiger partial charge in [0.2, 0.25) is 10.0 Å². The maximum Gasteiger partial charge on any atom is 0.328 e. The van der Waals surface area contributed by atoms with Crippen LogP contribution in [0.4, 0.5) is 8.78 Å². The van der Waals surface area contributed by atoms with Gasteiger partial charge < -0.3 is 4.74 Å². The van der Waals surface area contributed by atoms with Gasteiger partial charge in [-0.3, -0.25) is 0 Å². The lowest BCUT2D eigenvalue weighted by molar-refractivity contribution is -0.142. The summed E-state index contributed by atoms with van der Waals surface area (Å²) in [7, 11) is -3.55. The van der Waals surface area contributed by atoms with Gasteiger partial charge in [-0.1, -0.05) is 36.4 Å². The Labute approximate surface area is 132 Å². The monoisotopic (exact) mass is 341 g/mol. The Morgan fingerprint density at radius 3 is 2.13 bits per heavy atom. The normalized spacial score (nSPS) is 12.7. The van der Waals surface area contributed by atoms with Gasteiger partial charge in [0.15, 0.2) is 4.90 Å². The zero-order valence-electron chi connectivity index (χ0n) is 12.0. The van der Waals surface area contributed by atoms with Crippen molar-refractivity contribution < 1.29 is 26.7 Å². The number of carbonyl (C=O) groups is 1. The molecule has 0 aliphatic rings. The lowest BCUT2D eigenvalue weighted by Crippen LogP contribution is -2.35. The van der Waals surface area contributed by atoms with Gasteiger partial charge in [0.05, 0.1) is 7.11 Å². The van der Waals surface area contributed by atoms with E-state index in [9.17, 15) is 22.0 Å². The molecule has 2 aromatic carbocycles. The first-order valence-corrected chi connectivity index (χ1v) is 7.94. The van der Waals surface area contributed by atoms with Crippen molar-refractivity contribution in [1.29, 1.82) is 0 Å². The van der Waals surface area contributed by atoms with E-state index in [2.05, 4.69) is 4.74 Å². The topological polar surface area (TPSA) is 72.5 Å². The van der Waals surface area contributed by atoms with E-state index in [-0.39, 0.29) is 5.56 Å². The van der Waals surface area contributed by atoms with Crippen LogP contribution in [0.15, 0.2) is 53.4 Å². The van der Waals surface area contributed by atoms with Crippen LogP contribution >= 0.6 is 0 Å². The van der Waals surface area contributed by atoms with Crippen molar-refractivity contribution in [2.75, 3.05) is 7.11 Å². The second-order valence-electron chi connectivity index (χ2n) is 4.54. The molecule has 0 amide bonds. The van der Waals surface area contributed by atoms with Crippen LogP contribution < -0.4 is 4.72 Å². The van der Waals surface area contributed by atoms with Crippen molar-refractivity contribution in [3.05, 3.63) is 65.7 Å². The molecule has 0 heterocycles. The molecule has 0 saturated carbocycles. The second kappa shape index (κ2) is 6.84. The Morgan fingerprint density at radius 2 is 1.61 bits per heavy atom. The minimum absolute atomic E-state index is 0.277. The summed E-state index contributed by atoms with van der Waals surface area (Å²) in [5.74, 6) is -3.42. The summed E-state index contributed by atoms with van der Waals surface area (Å²) in [6.45, 7) is 0. The molecule has 8 heteroatoms. The number of methoxy groups -OCH3 is 1. The van der Waals surface area contributed by atoms with Crippen LogP contribution in [0.25, 0.3) is 0 Å². The largest absolute Gasteiger partial charge is 0.468 e. The number of nitrogens with one attached hydrogen (secondary N) is 1. The van der Waals surface area contributed by atoms with Gasteiger partial charge in [-0.05, 0) is 17.7 Å². The quantitative estimate of drug-likeness (QED) is 0.846. The SMILES string of the molecule is COC(=O)C(NS(=O)(=O)c1c(F)cccc1F)c1ccccc1. The standard InChI is InChI=1S/C15H13F2NO4S/c1-22-15(19)13(10-6-3-2-4-7-10)18-23(20,21)14-11(16)8-5-9-12(14)17/h2-9,13,18H,1H3. The van der Waals surface area contributed by atoms with Crippen LogP contribution in [0.2, 0.25) is 0 Å². The third kappa shape index (κ3) is 3.72. The zero-order valence-corrected chi connectivity index (χ0v) is 12.8. The Morgan fingerprint density at radius 1 is 1.04 bits per heavy atom. The molecule has 0 aromatic heterocycles. The molecule has 1 atom stereocenters. The fourth-order valence-electron chi connectivity index (χ4n) is 1.97. The summed E-state index contributed by atoms with van der Waals surface area (Å²) in [6, 6.07) is 9.06. The van der Waals surface area contributed by atoms with E-state index in [1.807, 2.05) is 4.72 Å². The first kappa shape index (κ1) is 17.0. The smallest absolute Gasteiger partial charge is 0.328 e. The molecule has 122 valence electrons. The highest BCUT2D eigenvalue weighted by atomic mass is 32.2. The molecule has 0 saturated heterocycles. The molecular formula is C15H13F2NO4S. The average Bonchev–Trinajstić information content (AvgIpc) is 2.52. The minimum atomic E-state index is -4.62. The van der Waals surface area contributed by atoms with Gasteiger partial charge in [0.1, 0.15) is 17.7 Å². The van der Waals surface area contributed by atoms with Crippen LogP contribution in [-0.2, 0) is 19.6 Å². The van der Waals surface area contributed by atoms with Gasteiger partial charge in [-0.2, -0.15) is 4.72 Å². The fourth-order valence-corrected chi connectivity index (χ4v) is 3.28. The first-order chi connectivity index (χ1) is 10.9. The summed E-state index contributed by atoms with van der Waals surface area (Å²) in [5.41, 5.74) is 0.277. The molecule has 0 aliphatic heterocycles. The Bertz CT molecular complexity index is 789. The van der Waals surface area contributed by atoms with Crippen molar-refractivity contribution in [3.8, 4) is 0 Å². The van der Waals surface area contributed by atoms with E-state index in [1.54, 1.807) is 18.2 Å². The highest BCUT2D eigenvalue weighted by Crippen LogP contribution is 2.22. The summed E-state index contributed by atoms with van der Waals surface area (Å²) in [5, 5.41) is 0. The lowest BCUT2D eigenvalue weighted by atomic mass is 10.1. The number of halogens is 2. The van der Waals surface area contributed by atoms with Crippen molar-refractivity contribution in [1.82, 2.24) is 4.72 Å². The van der Waals surface area contributed by atoms with Crippen molar-refractivity contribution in [3.63, 3.8) is 0 Å². The molecule has 1 N–H and O–H groups in total. The average molecular weight is 341 g/mol. The molecule has 0 spiro atoms. The van der Waals surface area contributed by atoms with Gasteiger partial charge in [-0.15, -0.1) is 0 Å². The summed E-state index contributed by atoms with van der Waals surface area (Å²) in [6.07, 6.45) is 0. The van der Waals surface area contributed by atoms with E-state index in [0.717, 1.165) is 25.3 Å². The molecule has 5 nitrogen and oxygen atoms in total. The Hall–Kier alpha value is -2.32. The van der Waals surface area contributed by atoms with E-state index in [1.165, 1.54) is 12.1 Å². The van der Waals surface area contributed by atoms with E-state index in [4.69, 9.17) is 0 Å². The third-order valence-corrected chi connectivity index (χ3v) is 4.50. The van der Waals surface area contributed by atoms with E-state index < -0.39 is 38.6 Å². The molecule has 2 rings (SSSR count). The Balaban J connectivity index is 2.45. The van der Waals surface area contributed by atoms with Crippen molar-refractivity contribution >= 4 is 16.0 Å². The zero-order chi connectivity index (χ0) is 17.0. The summed E-state index contributed by atoms with van der Waals surface area (Å²) < 4.78 is 58.5. The highest BCUT2D eigenvalue weighted by Gasteiger charge is 2.31. The number of esters is 1. The molecular weight excluding hydrogens is 328 g/mol. The van der Waals surface area contributed by atoms with Gasteiger partial charge in [-0.25, -0.2) is 22.0 Å². The lowest BCUT2D eigenvalue weighted by Gasteiger charge is -2.17. The maximum atomic E-state index is 13.7. The van der Waals surface area contributed by atoms with Gasteiger partial charge in [0, 0.05) is 0 Å². The fraction of sp³-hybridized carbons (Fsp3) is 0.133. The maximum absolute atomic E-state index is 13.7. The summed E-state index contributed by atoms with van der Waals surface area (Å²) in [4.78, 5) is 10.7. The molecule has 0 aliphatic carbocycles. The van der Waals surface area contributed by atoms with E-state index >= 15 is 0 Å². The second-order valence-corrected chi connectivity index (χ2v) is 6.19. The number of ether oxygens (including phenoxy) is 1. The molecule has 0 bridgehead atoms. The van der Waals surface area contributed by atoms with Gasteiger partial charge in [0.25, 0.3) is 0 Å². The highest BCUT2D eigenvalue weighted by molar-refractivity contribution is 7.89. The van der Waals surface area contributed by atoms with Crippen LogP contribution in [-0.4, -0.2) is 21.5 Å². The van der Waals surface area contributed by atoms with E-state index in [0.29, 0.717) is 0 Å². The first-order valence-electron chi connectivity index (χ1n) is 6.46. The third-order valence-electron chi connectivity index (χ3n) is 3.03. The molecule has 0 fully saturated rings. The minimum Gasteiger partial charge on any atom is -0.468 e. The van der Waals surface area contributed by atoms with Crippen molar-refractivity contribution in [2.24, 2.45) is 0 Å². The molecule has 0 radical (unpaired) electrons. The van der Waals surface area contributed by atoms with Crippen LogP contribution in [0.3, 0.4) is 0 Å². The predicted octanol–water partition coefficient (Wildman–Crippen LogP) is 2.16. The number of benzene rings is 2. The molecule has 23 heavy (non-hydrogen) atoms. The van der Waals surface area contributed by atoms with Crippen molar-refractivity contribution in [2.45, 2.75) is 10.9 Å². The van der Waals surface area contributed by atoms with Gasteiger partial charge >= 0.3 is 5.97 Å².